The van der Waals surface area contributed by atoms with Crippen LogP contribution in [0.1, 0.15) is 32.5 Å². The number of hydrogen-bond donors (Lipinski definition) is 0. The Kier molecular flexibility index (Phi) is 4.20. The quantitative estimate of drug-likeness (QED) is 0.401. The molecule has 0 saturated heterocycles. The lowest BCUT2D eigenvalue weighted by molar-refractivity contribution is 0.373. The molecule has 0 amide bonds. The summed E-state index contributed by atoms with van der Waals surface area (Å²) in [7, 11) is 0. The van der Waals surface area contributed by atoms with Crippen LogP contribution < -0.4 is 0 Å². The molecule has 4 aromatic rings. The normalized spacial score (nSPS) is 12.0. The van der Waals surface area contributed by atoms with E-state index in [1.165, 1.54) is 11.8 Å². The van der Waals surface area contributed by atoms with Gasteiger partial charge in [-0.1, -0.05) is 55.9 Å². The van der Waals surface area contributed by atoms with Crippen molar-refractivity contribution in [2.45, 2.75) is 37.0 Å². The lowest BCUT2D eigenvalue weighted by Gasteiger charge is -2.10. The number of hydrogen-bond acceptors (Lipinski definition) is 7. The topological polar surface area (TPSA) is 82.5 Å². The fraction of sp³-hybridized carbons (Fsp3) is 0.278. The SMILES string of the molecule is CC(C)(C)c1noc(CSc2ncnc3c2cnn3-c2ccccc2)n1. The highest BCUT2D eigenvalue weighted by Crippen LogP contribution is 2.28. The zero-order chi connectivity index (χ0) is 18.1. The summed E-state index contributed by atoms with van der Waals surface area (Å²) in [4.78, 5) is 13.3. The van der Waals surface area contributed by atoms with Gasteiger partial charge in [-0.25, -0.2) is 14.6 Å². The largest absolute Gasteiger partial charge is 0.338 e. The molecule has 0 spiro atoms. The highest BCUT2D eigenvalue weighted by atomic mass is 32.2. The molecular formula is C18H18N6OS. The predicted molar refractivity (Wildman–Crippen MR) is 99.2 cm³/mol. The summed E-state index contributed by atoms with van der Waals surface area (Å²) in [5.41, 5.74) is 1.60. The van der Waals surface area contributed by atoms with Crippen molar-refractivity contribution in [1.29, 1.82) is 0 Å². The summed E-state index contributed by atoms with van der Waals surface area (Å²) >= 11 is 1.53. The Bertz CT molecular complexity index is 1030. The average molecular weight is 366 g/mol. The fourth-order valence-corrected chi connectivity index (χ4v) is 3.24. The number of rotatable bonds is 4. The van der Waals surface area contributed by atoms with E-state index in [4.69, 9.17) is 4.52 Å². The Morgan fingerprint density at radius 3 is 2.65 bits per heavy atom. The van der Waals surface area contributed by atoms with Crippen LogP contribution in [-0.4, -0.2) is 29.9 Å². The third kappa shape index (κ3) is 3.20. The van der Waals surface area contributed by atoms with Gasteiger partial charge in [-0.2, -0.15) is 10.1 Å². The Balaban J connectivity index is 1.60. The molecule has 0 aliphatic carbocycles. The highest BCUT2D eigenvalue weighted by Gasteiger charge is 2.21. The summed E-state index contributed by atoms with van der Waals surface area (Å²) in [6.07, 6.45) is 3.35. The van der Waals surface area contributed by atoms with Gasteiger partial charge in [0, 0.05) is 5.41 Å². The van der Waals surface area contributed by atoms with E-state index in [0.717, 1.165) is 21.7 Å². The standard InChI is InChI=1S/C18H18N6OS/c1-18(2,3)17-22-14(25-23-17)10-26-16-13-9-21-24(15(13)19-11-20-16)12-7-5-4-6-8-12/h4-9,11H,10H2,1-3H3. The van der Waals surface area contributed by atoms with Crippen LogP contribution in [0.5, 0.6) is 0 Å². The molecule has 0 N–H and O–H groups in total. The third-order valence-corrected chi connectivity index (χ3v) is 4.79. The summed E-state index contributed by atoms with van der Waals surface area (Å²) in [6.45, 7) is 6.17. The molecule has 132 valence electrons. The lowest BCUT2D eigenvalue weighted by atomic mass is 9.96. The van der Waals surface area contributed by atoms with Crippen LogP contribution in [0.25, 0.3) is 16.7 Å². The molecule has 0 bridgehead atoms. The molecule has 7 nitrogen and oxygen atoms in total. The van der Waals surface area contributed by atoms with E-state index in [2.05, 4.69) is 46.0 Å². The van der Waals surface area contributed by atoms with Crippen LogP contribution in [0.15, 0.2) is 52.4 Å². The minimum absolute atomic E-state index is 0.134. The molecule has 4 rings (SSSR count). The van der Waals surface area contributed by atoms with Gasteiger partial charge in [-0.3, -0.25) is 0 Å². The van der Waals surface area contributed by atoms with Crippen LogP contribution in [0.3, 0.4) is 0 Å². The Labute approximate surface area is 154 Å². The van der Waals surface area contributed by atoms with E-state index >= 15 is 0 Å². The highest BCUT2D eigenvalue weighted by molar-refractivity contribution is 7.98. The Morgan fingerprint density at radius 1 is 1.12 bits per heavy atom. The maximum absolute atomic E-state index is 5.35. The van der Waals surface area contributed by atoms with Gasteiger partial charge in [0.2, 0.25) is 5.89 Å². The van der Waals surface area contributed by atoms with Crippen molar-refractivity contribution in [3.05, 3.63) is 54.6 Å². The van der Waals surface area contributed by atoms with Gasteiger partial charge >= 0.3 is 0 Å². The first kappa shape index (κ1) is 16.7. The summed E-state index contributed by atoms with van der Waals surface area (Å²) in [5, 5.41) is 10.3. The van der Waals surface area contributed by atoms with Crippen molar-refractivity contribution in [1.82, 2.24) is 29.9 Å². The van der Waals surface area contributed by atoms with E-state index in [1.807, 2.05) is 35.0 Å². The number of fused-ring (bicyclic) bond motifs is 1. The van der Waals surface area contributed by atoms with Crippen molar-refractivity contribution in [2.24, 2.45) is 0 Å². The summed E-state index contributed by atoms with van der Waals surface area (Å²) in [5.74, 6) is 1.84. The second-order valence-electron chi connectivity index (χ2n) is 6.86. The molecule has 0 aliphatic heterocycles. The van der Waals surface area contributed by atoms with E-state index in [-0.39, 0.29) is 5.41 Å². The van der Waals surface area contributed by atoms with Crippen molar-refractivity contribution in [3.8, 4) is 5.69 Å². The minimum Gasteiger partial charge on any atom is -0.338 e. The van der Waals surface area contributed by atoms with Crippen molar-refractivity contribution in [3.63, 3.8) is 0 Å². The van der Waals surface area contributed by atoms with Crippen LogP contribution in [0.2, 0.25) is 0 Å². The van der Waals surface area contributed by atoms with Crippen molar-refractivity contribution < 1.29 is 4.52 Å². The van der Waals surface area contributed by atoms with Crippen molar-refractivity contribution >= 4 is 22.8 Å². The molecule has 0 fully saturated rings. The number of aromatic nitrogens is 6. The zero-order valence-corrected chi connectivity index (χ0v) is 15.6. The van der Waals surface area contributed by atoms with E-state index < -0.39 is 0 Å². The maximum Gasteiger partial charge on any atom is 0.237 e. The number of benzene rings is 1. The second-order valence-corrected chi connectivity index (χ2v) is 7.82. The number of para-hydroxylation sites is 1. The van der Waals surface area contributed by atoms with Crippen LogP contribution >= 0.6 is 11.8 Å². The molecule has 3 heterocycles. The predicted octanol–water partition coefficient (Wildman–Crippen LogP) is 3.79. The van der Waals surface area contributed by atoms with Gasteiger partial charge in [0.05, 0.1) is 23.0 Å². The van der Waals surface area contributed by atoms with Gasteiger partial charge in [0.1, 0.15) is 11.4 Å². The van der Waals surface area contributed by atoms with E-state index in [1.54, 1.807) is 12.5 Å². The second kappa shape index (κ2) is 6.53. The number of thioether (sulfide) groups is 1. The molecule has 0 radical (unpaired) electrons. The minimum atomic E-state index is -0.134. The fourth-order valence-electron chi connectivity index (χ4n) is 2.44. The first-order valence-electron chi connectivity index (χ1n) is 8.22. The third-order valence-electron chi connectivity index (χ3n) is 3.80. The molecule has 26 heavy (non-hydrogen) atoms. The summed E-state index contributed by atoms with van der Waals surface area (Å²) < 4.78 is 7.16. The van der Waals surface area contributed by atoms with Gasteiger partial charge in [0.25, 0.3) is 0 Å². The maximum atomic E-state index is 5.35. The molecular weight excluding hydrogens is 348 g/mol. The monoisotopic (exact) mass is 366 g/mol. The average Bonchev–Trinajstić information content (AvgIpc) is 3.28. The van der Waals surface area contributed by atoms with Crippen LogP contribution in [0, 0.1) is 0 Å². The molecule has 0 aliphatic rings. The van der Waals surface area contributed by atoms with Crippen LogP contribution in [-0.2, 0) is 11.2 Å². The van der Waals surface area contributed by atoms with Gasteiger partial charge in [0.15, 0.2) is 11.5 Å². The van der Waals surface area contributed by atoms with Gasteiger partial charge in [-0.05, 0) is 12.1 Å². The Morgan fingerprint density at radius 2 is 1.92 bits per heavy atom. The first-order valence-corrected chi connectivity index (χ1v) is 9.21. The van der Waals surface area contributed by atoms with Gasteiger partial charge < -0.3 is 4.52 Å². The molecule has 0 atom stereocenters. The molecule has 8 heteroatoms. The van der Waals surface area contributed by atoms with Gasteiger partial charge in [-0.15, -0.1) is 0 Å². The molecule has 0 unspecified atom stereocenters. The number of nitrogens with zero attached hydrogens (tertiary/aromatic N) is 6. The van der Waals surface area contributed by atoms with E-state index in [9.17, 15) is 0 Å². The molecule has 0 saturated carbocycles. The smallest absolute Gasteiger partial charge is 0.237 e. The molecule has 3 aromatic heterocycles. The van der Waals surface area contributed by atoms with E-state index in [0.29, 0.717) is 17.5 Å². The first-order chi connectivity index (χ1) is 12.5. The summed E-state index contributed by atoms with van der Waals surface area (Å²) in [6, 6.07) is 9.91. The Hall–Kier alpha value is -2.74. The molecule has 1 aromatic carbocycles. The van der Waals surface area contributed by atoms with Crippen LogP contribution in [0.4, 0.5) is 0 Å². The lowest BCUT2D eigenvalue weighted by Crippen LogP contribution is -2.13. The van der Waals surface area contributed by atoms with Crippen molar-refractivity contribution in [2.75, 3.05) is 0 Å². The zero-order valence-electron chi connectivity index (χ0n) is 14.7.